The Morgan fingerprint density at radius 1 is 1.75 bits per heavy atom. The van der Waals surface area contributed by atoms with Crippen LogP contribution in [0.25, 0.3) is 0 Å². The van der Waals surface area contributed by atoms with E-state index >= 15 is 0 Å². The molecule has 1 unspecified atom stereocenters. The summed E-state index contributed by atoms with van der Waals surface area (Å²) in [6, 6.07) is 0.642. The van der Waals surface area contributed by atoms with Gasteiger partial charge in [0.05, 0.1) is 17.8 Å². The number of nitrogens with two attached hydrogens (primary N) is 1. The van der Waals surface area contributed by atoms with E-state index in [0.717, 1.165) is 6.20 Å². The summed E-state index contributed by atoms with van der Waals surface area (Å²) in [6.45, 7) is 1.52. The van der Waals surface area contributed by atoms with Gasteiger partial charge < -0.3 is 5.73 Å². The molecule has 0 spiro atoms. The molecule has 1 rings (SSSR count). The van der Waals surface area contributed by atoms with Crippen LogP contribution in [0, 0.1) is 5.82 Å². The molecule has 3 nitrogen and oxygen atoms in total. The molecule has 0 amide bonds. The van der Waals surface area contributed by atoms with E-state index < -0.39 is 17.6 Å². The van der Waals surface area contributed by atoms with Crippen molar-refractivity contribution < 1.29 is 9.18 Å². The van der Waals surface area contributed by atoms with E-state index in [1.807, 2.05) is 0 Å². The largest absolute Gasteiger partial charge is 0.321 e. The fourth-order valence-electron chi connectivity index (χ4n) is 0.820. The van der Waals surface area contributed by atoms with E-state index in [1.165, 1.54) is 19.2 Å². The Morgan fingerprint density at radius 2 is 2.42 bits per heavy atom. The number of ketones is 1. The van der Waals surface area contributed by atoms with Gasteiger partial charge in [-0.2, -0.15) is 0 Å². The number of carbonyl (C=O) groups is 1. The lowest BCUT2D eigenvalue weighted by Gasteiger charge is -2.03. The first-order chi connectivity index (χ1) is 5.63. The minimum Gasteiger partial charge on any atom is -0.321 e. The predicted molar refractivity (Wildman–Crippen MR) is 42.2 cm³/mol. The van der Waals surface area contributed by atoms with Crippen molar-refractivity contribution in [2.24, 2.45) is 5.73 Å². The first-order valence-corrected chi connectivity index (χ1v) is 3.52. The highest BCUT2D eigenvalue weighted by molar-refractivity contribution is 5.99. The quantitative estimate of drug-likeness (QED) is 0.663. The number of hydrogen-bond acceptors (Lipinski definition) is 3. The number of carbonyl (C=O) groups excluding carboxylic acids is 1. The van der Waals surface area contributed by atoms with E-state index in [1.54, 1.807) is 0 Å². The first-order valence-electron chi connectivity index (χ1n) is 3.52. The molecule has 0 aliphatic heterocycles. The molecule has 0 aromatic carbocycles. The standard InChI is InChI=1S/C8H9FN2O/c1-5(10)8(12)6-2-3-11-4-7(6)9/h2-5H,10H2,1H3. The lowest BCUT2D eigenvalue weighted by Crippen LogP contribution is -2.27. The van der Waals surface area contributed by atoms with Crippen molar-refractivity contribution in [3.05, 3.63) is 29.8 Å². The summed E-state index contributed by atoms with van der Waals surface area (Å²) in [6.07, 6.45) is 2.36. The van der Waals surface area contributed by atoms with E-state index in [-0.39, 0.29) is 5.56 Å². The molecule has 0 saturated carbocycles. The molecule has 0 radical (unpaired) electrons. The van der Waals surface area contributed by atoms with Crippen LogP contribution in [0.2, 0.25) is 0 Å². The van der Waals surface area contributed by atoms with Gasteiger partial charge in [0, 0.05) is 6.20 Å². The molecule has 4 heteroatoms. The van der Waals surface area contributed by atoms with Crippen molar-refractivity contribution in [3.63, 3.8) is 0 Å². The zero-order valence-electron chi connectivity index (χ0n) is 6.62. The first kappa shape index (κ1) is 8.80. The van der Waals surface area contributed by atoms with Crippen LogP contribution in [-0.2, 0) is 0 Å². The summed E-state index contributed by atoms with van der Waals surface area (Å²) < 4.78 is 12.9. The lowest BCUT2D eigenvalue weighted by molar-refractivity contribution is 0.0964. The number of hydrogen-bond donors (Lipinski definition) is 1. The maximum absolute atomic E-state index is 12.9. The highest BCUT2D eigenvalue weighted by Crippen LogP contribution is 2.06. The summed E-state index contributed by atoms with van der Waals surface area (Å²) in [5.74, 6) is -1.03. The van der Waals surface area contributed by atoms with Crippen molar-refractivity contribution in [1.29, 1.82) is 0 Å². The van der Waals surface area contributed by atoms with Gasteiger partial charge in [-0.1, -0.05) is 0 Å². The molecular formula is C8H9FN2O. The van der Waals surface area contributed by atoms with Crippen molar-refractivity contribution in [1.82, 2.24) is 4.98 Å². The second kappa shape index (κ2) is 3.40. The van der Waals surface area contributed by atoms with Gasteiger partial charge in [0.1, 0.15) is 0 Å². The van der Waals surface area contributed by atoms with Gasteiger partial charge >= 0.3 is 0 Å². The number of rotatable bonds is 2. The zero-order chi connectivity index (χ0) is 9.14. The Balaban J connectivity index is 3.03. The molecule has 0 aliphatic rings. The summed E-state index contributed by atoms with van der Waals surface area (Å²) in [5.41, 5.74) is 5.30. The number of Topliss-reactive ketones (excluding diaryl/α,β-unsaturated/α-hetero) is 1. The van der Waals surface area contributed by atoms with Gasteiger partial charge in [0.15, 0.2) is 11.6 Å². The van der Waals surface area contributed by atoms with Crippen molar-refractivity contribution in [3.8, 4) is 0 Å². The maximum atomic E-state index is 12.9. The number of aromatic nitrogens is 1. The predicted octanol–water partition coefficient (Wildman–Crippen LogP) is 0.751. The smallest absolute Gasteiger partial charge is 0.182 e. The molecule has 1 atom stereocenters. The fraction of sp³-hybridized carbons (Fsp3) is 0.250. The van der Waals surface area contributed by atoms with Crippen LogP contribution < -0.4 is 5.73 Å². The Kier molecular flexibility index (Phi) is 2.50. The molecule has 1 heterocycles. The van der Waals surface area contributed by atoms with Crippen molar-refractivity contribution in [2.45, 2.75) is 13.0 Å². The Morgan fingerprint density at radius 3 is 2.92 bits per heavy atom. The van der Waals surface area contributed by atoms with Crippen LogP contribution in [0.3, 0.4) is 0 Å². The Bertz CT molecular complexity index is 299. The molecular weight excluding hydrogens is 159 g/mol. The summed E-state index contributed by atoms with van der Waals surface area (Å²) in [7, 11) is 0. The van der Waals surface area contributed by atoms with Gasteiger partial charge in [-0.05, 0) is 13.0 Å². The van der Waals surface area contributed by atoms with Crippen LogP contribution in [-0.4, -0.2) is 16.8 Å². The molecule has 12 heavy (non-hydrogen) atoms. The topological polar surface area (TPSA) is 56.0 Å². The minimum absolute atomic E-state index is 0.000000000000000222. The summed E-state index contributed by atoms with van der Waals surface area (Å²) in [5, 5.41) is 0. The normalized spacial score (nSPS) is 12.6. The van der Waals surface area contributed by atoms with E-state index in [0.29, 0.717) is 0 Å². The summed E-state index contributed by atoms with van der Waals surface area (Å²) >= 11 is 0. The molecule has 1 aromatic rings. The van der Waals surface area contributed by atoms with Gasteiger partial charge in [-0.15, -0.1) is 0 Å². The molecule has 0 bridgehead atoms. The van der Waals surface area contributed by atoms with Gasteiger partial charge in [-0.25, -0.2) is 4.39 Å². The molecule has 1 aromatic heterocycles. The Hall–Kier alpha value is -1.29. The van der Waals surface area contributed by atoms with Crippen LogP contribution in [0.4, 0.5) is 4.39 Å². The second-order valence-electron chi connectivity index (χ2n) is 2.51. The second-order valence-corrected chi connectivity index (χ2v) is 2.51. The lowest BCUT2D eigenvalue weighted by atomic mass is 10.1. The van der Waals surface area contributed by atoms with Crippen molar-refractivity contribution >= 4 is 5.78 Å². The third-order valence-corrected chi connectivity index (χ3v) is 1.45. The summed E-state index contributed by atoms with van der Waals surface area (Å²) in [4.78, 5) is 14.7. The molecule has 0 fully saturated rings. The highest BCUT2D eigenvalue weighted by Gasteiger charge is 2.14. The Labute approximate surface area is 69.4 Å². The molecule has 0 saturated heterocycles. The van der Waals surface area contributed by atoms with Crippen LogP contribution in [0.1, 0.15) is 17.3 Å². The van der Waals surface area contributed by atoms with E-state index in [4.69, 9.17) is 5.73 Å². The fourth-order valence-corrected chi connectivity index (χ4v) is 0.820. The maximum Gasteiger partial charge on any atom is 0.182 e. The third kappa shape index (κ3) is 1.65. The van der Waals surface area contributed by atoms with Crippen LogP contribution in [0.15, 0.2) is 18.5 Å². The minimum atomic E-state index is -0.679. The number of pyridine rings is 1. The van der Waals surface area contributed by atoms with Gasteiger partial charge in [0.2, 0.25) is 0 Å². The average Bonchev–Trinajstić information content (AvgIpc) is 2.04. The molecule has 64 valence electrons. The third-order valence-electron chi connectivity index (χ3n) is 1.45. The monoisotopic (exact) mass is 168 g/mol. The number of nitrogens with zero attached hydrogens (tertiary/aromatic N) is 1. The van der Waals surface area contributed by atoms with Crippen molar-refractivity contribution in [2.75, 3.05) is 0 Å². The number of halogens is 1. The average molecular weight is 168 g/mol. The van der Waals surface area contributed by atoms with E-state index in [9.17, 15) is 9.18 Å². The molecule has 2 N–H and O–H groups in total. The van der Waals surface area contributed by atoms with Crippen LogP contribution in [0.5, 0.6) is 0 Å². The van der Waals surface area contributed by atoms with Gasteiger partial charge in [-0.3, -0.25) is 9.78 Å². The highest BCUT2D eigenvalue weighted by atomic mass is 19.1. The van der Waals surface area contributed by atoms with E-state index in [2.05, 4.69) is 4.98 Å². The SMILES string of the molecule is CC(N)C(=O)c1ccncc1F. The van der Waals surface area contributed by atoms with Crippen LogP contribution >= 0.6 is 0 Å². The van der Waals surface area contributed by atoms with Gasteiger partial charge in [0.25, 0.3) is 0 Å². The molecule has 0 aliphatic carbocycles. The zero-order valence-corrected chi connectivity index (χ0v) is 6.62.